The van der Waals surface area contributed by atoms with Gasteiger partial charge in [0.25, 0.3) is 0 Å². The first-order valence-corrected chi connectivity index (χ1v) is 6.33. The molecule has 3 atom stereocenters. The number of hydrogen-bond donors (Lipinski definition) is 1. The normalized spacial score (nSPS) is 31.1. The highest BCUT2D eigenvalue weighted by atomic mass is 35.5. The van der Waals surface area contributed by atoms with Crippen molar-refractivity contribution in [3.05, 3.63) is 47.0 Å². The fraction of sp³-hybridized carbons (Fsp3) is 0.357. The Kier molecular flexibility index (Phi) is 2.67. The Morgan fingerprint density at radius 2 is 1.94 bits per heavy atom. The lowest BCUT2D eigenvalue weighted by atomic mass is 9.78. The van der Waals surface area contributed by atoms with Crippen molar-refractivity contribution in [2.75, 3.05) is 6.54 Å². The van der Waals surface area contributed by atoms with Gasteiger partial charge in [0.1, 0.15) is 0 Å². The number of carbonyl (C=O) groups is 1. The number of hydrogen-bond acceptors (Lipinski definition) is 1. The van der Waals surface area contributed by atoms with Gasteiger partial charge in [0.15, 0.2) is 0 Å². The van der Waals surface area contributed by atoms with Gasteiger partial charge in [-0.1, -0.05) is 35.9 Å². The van der Waals surface area contributed by atoms with Gasteiger partial charge in [-0.05, 0) is 30.0 Å². The molecule has 0 spiro atoms. The van der Waals surface area contributed by atoms with Crippen LogP contribution in [-0.2, 0) is 4.79 Å². The van der Waals surface area contributed by atoms with Crippen molar-refractivity contribution in [3.63, 3.8) is 0 Å². The minimum atomic E-state index is 0.0959. The Labute approximate surface area is 106 Å². The van der Waals surface area contributed by atoms with Crippen LogP contribution in [0.4, 0.5) is 0 Å². The summed E-state index contributed by atoms with van der Waals surface area (Å²) in [5.74, 6) is 1.15. The summed E-state index contributed by atoms with van der Waals surface area (Å²) in [6.07, 6.45) is 5.27. The second kappa shape index (κ2) is 4.19. The molecule has 2 nitrogen and oxygen atoms in total. The topological polar surface area (TPSA) is 29.1 Å². The quantitative estimate of drug-likeness (QED) is 0.760. The van der Waals surface area contributed by atoms with Crippen LogP contribution in [-0.4, -0.2) is 12.5 Å². The predicted octanol–water partition coefficient (Wildman–Crippen LogP) is 2.75. The van der Waals surface area contributed by atoms with Gasteiger partial charge in [-0.2, -0.15) is 0 Å². The van der Waals surface area contributed by atoms with Crippen LogP contribution < -0.4 is 5.32 Å². The molecule has 1 aromatic rings. The van der Waals surface area contributed by atoms with Crippen molar-refractivity contribution in [3.8, 4) is 0 Å². The first kappa shape index (κ1) is 10.8. The molecule has 3 rings (SSSR count). The number of nitrogens with one attached hydrogen (secondary N) is 1. The number of rotatable bonds is 1. The second-order valence-corrected chi connectivity index (χ2v) is 5.25. The van der Waals surface area contributed by atoms with Gasteiger partial charge in [0.05, 0.1) is 5.92 Å². The zero-order valence-electron chi connectivity index (χ0n) is 9.40. The van der Waals surface area contributed by atoms with Crippen LogP contribution in [0.2, 0.25) is 5.02 Å². The summed E-state index contributed by atoms with van der Waals surface area (Å²) in [6, 6.07) is 7.99. The summed E-state index contributed by atoms with van der Waals surface area (Å²) in [7, 11) is 0. The molecular weight excluding hydrogens is 234 g/mol. The predicted molar refractivity (Wildman–Crippen MR) is 67.9 cm³/mol. The average molecular weight is 248 g/mol. The molecule has 1 fully saturated rings. The van der Waals surface area contributed by atoms with Crippen LogP contribution in [0.1, 0.15) is 17.9 Å². The molecule has 17 heavy (non-hydrogen) atoms. The monoisotopic (exact) mass is 247 g/mol. The van der Waals surface area contributed by atoms with Gasteiger partial charge in [0, 0.05) is 17.5 Å². The van der Waals surface area contributed by atoms with Crippen molar-refractivity contribution in [2.24, 2.45) is 11.8 Å². The Morgan fingerprint density at radius 3 is 2.71 bits per heavy atom. The Bertz CT molecular complexity index is 466. The minimum absolute atomic E-state index is 0.0959. The smallest absolute Gasteiger partial charge is 0.227 e. The van der Waals surface area contributed by atoms with E-state index in [1.807, 2.05) is 12.1 Å². The molecule has 1 amide bonds. The lowest BCUT2D eigenvalue weighted by Gasteiger charge is -2.24. The van der Waals surface area contributed by atoms with Gasteiger partial charge >= 0.3 is 0 Å². The van der Waals surface area contributed by atoms with Gasteiger partial charge in [-0.25, -0.2) is 0 Å². The third-order valence-electron chi connectivity index (χ3n) is 3.75. The average Bonchev–Trinajstić information content (AvgIpc) is 2.72. The van der Waals surface area contributed by atoms with Gasteiger partial charge < -0.3 is 5.32 Å². The van der Waals surface area contributed by atoms with E-state index in [0.29, 0.717) is 11.8 Å². The number of fused-ring (bicyclic) bond motifs is 1. The maximum Gasteiger partial charge on any atom is 0.227 e. The molecule has 3 unspecified atom stereocenters. The third-order valence-corrected chi connectivity index (χ3v) is 4.01. The van der Waals surface area contributed by atoms with Crippen molar-refractivity contribution < 1.29 is 4.79 Å². The molecule has 0 saturated carbocycles. The van der Waals surface area contributed by atoms with E-state index in [1.165, 1.54) is 5.56 Å². The number of benzene rings is 1. The standard InChI is InChI=1S/C14H14ClNO/c15-12-4-1-9(2-5-12)10-3-6-13-11(7-10)8-16-14(13)17/h1-6,10-11,13H,7-8H2,(H,16,17). The largest absolute Gasteiger partial charge is 0.355 e. The van der Waals surface area contributed by atoms with Crippen LogP contribution in [0.15, 0.2) is 36.4 Å². The molecule has 0 radical (unpaired) electrons. The Morgan fingerprint density at radius 1 is 1.18 bits per heavy atom. The van der Waals surface area contributed by atoms with Gasteiger partial charge in [-0.15, -0.1) is 0 Å². The van der Waals surface area contributed by atoms with Crippen molar-refractivity contribution in [1.29, 1.82) is 0 Å². The van der Waals surface area contributed by atoms with Crippen LogP contribution in [0.3, 0.4) is 0 Å². The van der Waals surface area contributed by atoms with E-state index in [-0.39, 0.29) is 11.8 Å². The molecule has 3 heteroatoms. The number of allylic oxidation sites excluding steroid dienone is 1. The highest BCUT2D eigenvalue weighted by Crippen LogP contribution is 2.36. The molecule has 1 saturated heterocycles. The molecule has 0 aromatic heterocycles. The molecule has 1 aromatic carbocycles. The van der Waals surface area contributed by atoms with E-state index >= 15 is 0 Å². The summed E-state index contributed by atoms with van der Waals surface area (Å²) in [5.41, 5.74) is 1.28. The summed E-state index contributed by atoms with van der Waals surface area (Å²) in [4.78, 5) is 11.5. The number of amides is 1. The molecular formula is C14H14ClNO. The molecule has 2 aliphatic rings. The maximum atomic E-state index is 11.5. The van der Waals surface area contributed by atoms with Crippen LogP contribution in [0.25, 0.3) is 0 Å². The van der Waals surface area contributed by atoms with E-state index in [0.717, 1.165) is 18.0 Å². The fourth-order valence-corrected chi connectivity index (χ4v) is 2.91. The lowest BCUT2D eigenvalue weighted by Crippen LogP contribution is -2.21. The van der Waals surface area contributed by atoms with Crippen LogP contribution in [0.5, 0.6) is 0 Å². The summed E-state index contributed by atoms with van der Waals surface area (Å²) < 4.78 is 0. The lowest BCUT2D eigenvalue weighted by molar-refractivity contribution is -0.121. The van der Waals surface area contributed by atoms with Crippen LogP contribution >= 0.6 is 11.6 Å². The first-order chi connectivity index (χ1) is 8.24. The summed E-state index contributed by atoms with van der Waals surface area (Å²) in [5, 5.41) is 3.70. The van der Waals surface area contributed by atoms with E-state index in [2.05, 4.69) is 29.6 Å². The van der Waals surface area contributed by atoms with Gasteiger partial charge in [0.2, 0.25) is 5.91 Å². The zero-order chi connectivity index (χ0) is 11.8. The zero-order valence-corrected chi connectivity index (χ0v) is 10.2. The highest BCUT2D eigenvalue weighted by Gasteiger charge is 2.36. The molecule has 0 bridgehead atoms. The van der Waals surface area contributed by atoms with Crippen molar-refractivity contribution in [1.82, 2.24) is 5.32 Å². The van der Waals surface area contributed by atoms with Crippen LogP contribution in [0, 0.1) is 11.8 Å². The SMILES string of the molecule is O=C1NCC2CC(c3ccc(Cl)cc3)C=CC12. The Balaban J connectivity index is 1.83. The van der Waals surface area contributed by atoms with E-state index in [9.17, 15) is 4.79 Å². The van der Waals surface area contributed by atoms with E-state index < -0.39 is 0 Å². The highest BCUT2D eigenvalue weighted by molar-refractivity contribution is 6.30. The van der Waals surface area contributed by atoms with E-state index in [1.54, 1.807) is 0 Å². The fourth-order valence-electron chi connectivity index (χ4n) is 2.78. The molecule has 1 heterocycles. The third kappa shape index (κ3) is 1.98. The summed E-state index contributed by atoms with van der Waals surface area (Å²) >= 11 is 5.89. The minimum Gasteiger partial charge on any atom is -0.355 e. The number of halogens is 1. The summed E-state index contributed by atoms with van der Waals surface area (Å²) in [6.45, 7) is 0.817. The van der Waals surface area contributed by atoms with E-state index in [4.69, 9.17) is 11.6 Å². The Hall–Kier alpha value is -1.28. The van der Waals surface area contributed by atoms with Crippen molar-refractivity contribution in [2.45, 2.75) is 12.3 Å². The van der Waals surface area contributed by atoms with Gasteiger partial charge in [-0.3, -0.25) is 4.79 Å². The van der Waals surface area contributed by atoms with Crippen molar-refractivity contribution >= 4 is 17.5 Å². The number of carbonyl (C=O) groups excluding carboxylic acids is 1. The second-order valence-electron chi connectivity index (χ2n) is 4.81. The first-order valence-electron chi connectivity index (χ1n) is 5.95. The molecule has 88 valence electrons. The molecule has 1 aliphatic carbocycles. The molecule has 1 N–H and O–H groups in total. The maximum absolute atomic E-state index is 11.5. The molecule has 1 aliphatic heterocycles.